The lowest BCUT2D eigenvalue weighted by Crippen LogP contribution is -2.73. The smallest absolute Gasteiger partial charge is 0.320 e. The van der Waals surface area contributed by atoms with Gasteiger partial charge in [-0.05, 0) is 36.8 Å². The summed E-state index contributed by atoms with van der Waals surface area (Å²) in [6.07, 6.45) is 5.96. The summed E-state index contributed by atoms with van der Waals surface area (Å²) < 4.78 is 35.9. The molecule has 2 amide bonds. The van der Waals surface area contributed by atoms with Gasteiger partial charge in [0.15, 0.2) is 9.84 Å². The van der Waals surface area contributed by atoms with Crippen molar-refractivity contribution in [1.82, 2.24) is 14.8 Å². The molecule has 0 aromatic carbocycles. The summed E-state index contributed by atoms with van der Waals surface area (Å²) in [5.41, 5.74) is 1.06. The SMILES string of the molecule is O=C(N1CC2(CC(Cc3cncc(F)c3)C2)C1)N1CC2(C1)CS(=O)(=O)C2. The highest BCUT2D eigenvalue weighted by atomic mass is 32.2. The molecule has 0 radical (unpaired) electrons. The predicted molar refractivity (Wildman–Crippen MR) is 92.7 cm³/mol. The molecule has 1 saturated carbocycles. The van der Waals surface area contributed by atoms with Crippen LogP contribution in [0.2, 0.25) is 0 Å². The van der Waals surface area contributed by atoms with E-state index < -0.39 is 9.84 Å². The minimum absolute atomic E-state index is 0.0586. The Hall–Kier alpha value is -1.70. The lowest BCUT2D eigenvalue weighted by molar-refractivity contribution is -0.0849. The molecule has 1 aromatic heterocycles. The van der Waals surface area contributed by atoms with Crippen LogP contribution in [0.4, 0.5) is 9.18 Å². The molecule has 0 bridgehead atoms. The van der Waals surface area contributed by atoms with Crippen LogP contribution in [-0.4, -0.2) is 66.9 Å². The van der Waals surface area contributed by atoms with Gasteiger partial charge in [0.2, 0.25) is 0 Å². The number of pyridine rings is 1. The van der Waals surface area contributed by atoms with Crippen LogP contribution in [0.5, 0.6) is 0 Å². The van der Waals surface area contributed by atoms with Gasteiger partial charge in [0.05, 0.1) is 17.7 Å². The van der Waals surface area contributed by atoms with Crippen LogP contribution in [-0.2, 0) is 16.3 Å². The molecule has 3 aliphatic heterocycles. The molecular formula is C18H22FN3O3S. The number of rotatable bonds is 2. The summed E-state index contributed by atoms with van der Waals surface area (Å²) in [5.74, 6) is 0.737. The fourth-order valence-corrected chi connectivity index (χ4v) is 7.69. The third-order valence-electron chi connectivity index (χ3n) is 6.43. The molecule has 0 atom stereocenters. The van der Waals surface area contributed by atoms with Crippen LogP contribution >= 0.6 is 0 Å². The van der Waals surface area contributed by atoms with Gasteiger partial charge in [0.1, 0.15) is 5.82 Å². The zero-order chi connectivity index (χ0) is 18.2. The fraction of sp³-hybridized carbons (Fsp3) is 0.667. The van der Waals surface area contributed by atoms with E-state index in [0.717, 1.165) is 37.9 Å². The number of sulfone groups is 1. The first-order valence-electron chi connectivity index (χ1n) is 9.09. The molecule has 1 aromatic rings. The van der Waals surface area contributed by atoms with E-state index in [-0.39, 0.29) is 34.2 Å². The highest BCUT2D eigenvalue weighted by molar-refractivity contribution is 7.92. The van der Waals surface area contributed by atoms with E-state index in [1.165, 1.54) is 6.20 Å². The summed E-state index contributed by atoms with van der Waals surface area (Å²) in [4.78, 5) is 20.1. The first-order valence-corrected chi connectivity index (χ1v) is 10.9. The van der Waals surface area contributed by atoms with Crippen LogP contribution in [0, 0.1) is 22.6 Å². The number of carbonyl (C=O) groups is 1. The van der Waals surface area contributed by atoms with Crippen molar-refractivity contribution < 1.29 is 17.6 Å². The Morgan fingerprint density at radius 1 is 1.12 bits per heavy atom. The normalized spacial score (nSPS) is 27.4. The van der Waals surface area contributed by atoms with Gasteiger partial charge in [-0.3, -0.25) is 4.98 Å². The van der Waals surface area contributed by atoms with E-state index in [1.807, 2.05) is 4.90 Å². The third-order valence-corrected chi connectivity index (χ3v) is 8.53. The summed E-state index contributed by atoms with van der Waals surface area (Å²) in [6, 6.07) is 1.61. The Labute approximate surface area is 152 Å². The molecule has 8 heteroatoms. The topological polar surface area (TPSA) is 70.6 Å². The van der Waals surface area contributed by atoms with Gasteiger partial charge in [-0.1, -0.05) is 0 Å². The number of nitrogens with zero attached hydrogens (tertiary/aromatic N) is 3. The monoisotopic (exact) mass is 379 g/mol. The highest BCUT2D eigenvalue weighted by Gasteiger charge is 2.59. The van der Waals surface area contributed by atoms with E-state index in [0.29, 0.717) is 19.0 Å². The number of aromatic nitrogens is 1. The average Bonchev–Trinajstić information content (AvgIpc) is 2.42. The van der Waals surface area contributed by atoms with Crippen LogP contribution in [0.3, 0.4) is 0 Å². The predicted octanol–water partition coefficient (Wildman–Crippen LogP) is 1.33. The van der Waals surface area contributed by atoms with Crippen molar-refractivity contribution in [3.63, 3.8) is 0 Å². The zero-order valence-corrected chi connectivity index (χ0v) is 15.3. The molecule has 4 fully saturated rings. The van der Waals surface area contributed by atoms with Gasteiger partial charge < -0.3 is 9.80 Å². The standard InChI is InChI=1S/C18H22FN3O3S/c19-15-2-13(5-20-6-15)1-14-3-17(4-14)7-21(8-17)16(23)22-9-18(10-22)11-26(24,25)12-18/h2,5-6,14H,1,3-4,7-12H2. The number of likely N-dealkylation sites (tertiary alicyclic amines) is 2. The van der Waals surface area contributed by atoms with E-state index in [2.05, 4.69) is 4.98 Å². The number of hydrogen-bond donors (Lipinski definition) is 0. The van der Waals surface area contributed by atoms with Gasteiger partial charge in [0, 0.05) is 43.2 Å². The molecule has 0 unspecified atom stereocenters. The lowest BCUT2D eigenvalue weighted by Gasteiger charge is -2.62. The first kappa shape index (κ1) is 16.5. The maximum Gasteiger partial charge on any atom is 0.320 e. The summed E-state index contributed by atoms with van der Waals surface area (Å²) in [6.45, 7) is 2.77. The fourth-order valence-electron chi connectivity index (χ4n) is 5.54. The Morgan fingerprint density at radius 2 is 1.73 bits per heavy atom. The molecular weight excluding hydrogens is 357 g/mol. The molecule has 5 rings (SSSR count). The molecule has 0 N–H and O–H groups in total. The Bertz CT molecular complexity index is 853. The number of urea groups is 1. The van der Waals surface area contributed by atoms with Crippen molar-refractivity contribution in [1.29, 1.82) is 0 Å². The van der Waals surface area contributed by atoms with Crippen molar-refractivity contribution in [3.05, 3.63) is 29.8 Å². The van der Waals surface area contributed by atoms with Crippen LogP contribution < -0.4 is 0 Å². The Morgan fingerprint density at radius 3 is 2.31 bits per heavy atom. The summed E-state index contributed by atoms with van der Waals surface area (Å²) in [7, 11) is -2.84. The summed E-state index contributed by atoms with van der Waals surface area (Å²) in [5, 5.41) is 0. The first-order chi connectivity index (χ1) is 12.3. The largest absolute Gasteiger partial charge is 0.323 e. The summed E-state index contributed by atoms with van der Waals surface area (Å²) >= 11 is 0. The van der Waals surface area contributed by atoms with Gasteiger partial charge >= 0.3 is 6.03 Å². The highest BCUT2D eigenvalue weighted by Crippen LogP contribution is 2.53. The van der Waals surface area contributed by atoms with E-state index in [4.69, 9.17) is 0 Å². The molecule has 2 spiro atoms. The second-order valence-electron chi connectivity index (χ2n) is 9.02. The zero-order valence-electron chi connectivity index (χ0n) is 14.5. The molecule has 140 valence electrons. The lowest BCUT2D eigenvalue weighted by atomic mass is 9.56. The number of carbonyl (C=O) groups excluding carboxylic acids is 1. The maximum atomic E-state index is 13.2. The van der Waals surface area contributed by atoms with Gasteiger partial charge in [-0.15, -0.1) is 0 Å². The molecule has 4 heterocycles. The van der Waals surface area contributed by atoms with Gasteiger partial charge in [0.25, 0.3) is 0 Å². The second-order valence-corrected chi connectivity index (χ2v) is 11.1. The Balaban J connectivity index is 1.07. The van der Waals surface area contributed by atoms with Gasteiger partial charge in [-0.25, -0.2) is 17.6 Å². The molecule has 1 aliphatic carbocycles. The van der Waals surface area contributed by atoms with Crippen LogP contribution in [0.25, 0.3) is 0 Å². The maximum absolute atomic E-state index is 13.2. The average molecular weight is 379 g/mol. The third kappa shape index (κ3) is 2.61. The van der Waals surface area contributed by atoms with Crippen molar-refractivity contribution in [2.75, 3.05) is 37.7 Å². The minimum Gasteiger partial charge on any atom is -0.323 e. The number of amides is 2. The second kappa shape index (κ2) is 5.18. The molecule has 6 nitrogen and oxygen atoms in total. The van der Waals surface area contributed by atoms with Crippen molar-refractivity contribution in [2.24, 2.45) is 16.7 Å². The molecule has 26 heavy (non-hydrogen) atoms. The Kier molecular flexibility index (Phi) is 3.28. The van der Waals surface area contributed by atoms with Crippen molar-refractivity contribution >= 4 is 15.9 Å². The van der Waals surface area contributed by atoms with Crippen molar-refractivity contribution in [2.45, 2.75) is 19.3 Å². The van der Waals surface area contributed by atoms with E-state index in [9.17, 15) is 17.6 Å². The van der Waals surface area contributed by atoms with E-state index >= 15 is 0 Å². The number of hydrogen-bond acceptors (Lipinski definition) is 4. The molecule has 4 aliphatic rings. The van der Waals surface area contributed by atoms with E-state index in [1.54, 1.807) is 17.2 Å². The van der Waals surface area contributed by atoms with Gasteiger partial charge in [-0.2, -0.15) is 0 Å². The quantitative estimate of drug-likeness (QED) is 0.777. The number of halogens is 1. The minimum atomic E-state index is -2.84. The van der Waals surface area contributed by atoms with Crippen LogP contribution in [0.1, 0.15) is 18.4 Å². The van der Waals surface area contributed by atoms with Crippen molar-refractivity contribution in [3.8, 4) is 0 Å². The van der Waals surface area contributed by atoms with Crippen LogP contribution in [0.15, 0.2) is 18.5 Å². The molecule has 3 saturated heterocycles.